The lowest BCUT2D eigenvalue weighted by Crippen LogP contribution is -2.32. The third kappa shape index (κ3) is 4.13. The van der Waals surface area contributed by atoms with E-state index in [0.29, 0.717) is 25.1 Å². The van der Waals surface area contributed by atoms with Crippen molar-refractivity contribution < 1.29 is 4.74 Å². The first-order chi connectivity index (χ1) is 11.1. The van der Waals surface area contributed by atoms with Crippen molar-refractivity contribution in [3.63, 3.8) is 0 Å². The van der Waals surface area contributed by atoms with Gasteiger partial charge in [-0.25, -0.2) is 4.98 Å². The number of anilines is 2. The van der Waals surface area contributed by atoms with Crippen LogP contribution < -0.4 is 10.6 Å². The zero-order valence-corrected chi connectivity index (χ0v) is 13.6. The number of nitrogens with two attached hydrogens (primary N) is 1. The van der Waals surface area contributed by atoms with Crippen LogP contribution in [-0.4, -0.2) is 46.2 Å². The van der Waals surface area contributed by atoms with Gasteiger partial charge < -0.3 is 15.4 Å². The summed E-state index contributed by atoms with van der Waals surface area (Å²) in [6, 6.07) is 1.96. The lowest BCUT2D eigenvalue weighted by Gasteiger charge is -2.24. The molecule has 1 saturated heterocycles. The molecule has 0 saturated carbocycles. The van der Waals surface area contributed by atoms with Crippen LogP contribution in [0.4, 0.5) is 11.8 Å². The molecule has 0 amide bonds. The Balaban J connectivity index is 1.74. The molecule has 122 valence electrons. The molecule has 3 heterocycles. The summed E-state index contributed by atoms with van der Waals surface area (Å²) in [5, 5.41) is 0. The quantitative estimate of drug-likeness (QED) is 0.909. The van der Waals surface area contributed by atoms with Crippen LogP contribution >= 0.6 is 0 Å². The summed E-state index contributed by atoms with van der Waals surface area (Å²) >= 11 is 0. The van der Waals surface area contributed by atoms with Crippen molar-refractivity contribution >= 4 is 11.8 Å². The molecule has 7 nitrogen and oxygen atoms in total. The topological polar surface area (TPSA) is 90.0 Å². The molecule has 7 heteroatoms. The lowest BCUT2D eigenvalue weighted by atomic mass is 10.0. The highest BCUT2D eigenvalue weighted by Crippen LogP contribution is 2.19. The van der Waals surface area contributed by atoms with E-state index in [1.165, 1.54) is 0 Å². The third-order valence-corrected chi connectivity index (χ3v) is 3.85. The molecule has 0 spiro atoms. The van der Waals surface area contributed by atoms with Crippen LogP contribution in [0.5, 0.6) is 0 Å². The highest BCUT2D eigenvalue weighted by atomic mass is 16.5. The smallest absolute Gasteiger partial charge is 0.222 e. The maximum Gasteiger partial charge on any atom is 0.222 e. The maximum absolute atomic E-state index is 5.78. The Labute approximate surface area is 135 Å². The normalized spacial score (nSPS) is 18.7. The van der Waals surface area contributed by atoms with Crippen molar-refractivity contribution in [3.8, 4) is 0 Å². The molecule has 1 fully saturated rings. The van der Waals surface area contributed by atoms with E-state index in [1.54, 1.807) is 6.20 Å². The number of aryl methyl sites for hydroxylation is 2. The number of hydrogen-bond acceptors (Lipinski definition) is 7. The van der Waals surface area contributed by atoms with Crippen LogP contribution in [0, 0.1) is 19.8 Å². The van der Waals surface area contributed by atoms with Crippen molar-refractivity contribution in [3.05, 3.63) is 35.5 Å². The number of nitrogens with zero attached hydrogens (tertiary/aromatic N) is 5. The molecule has 1 aliphatic rings. The van der Waals surface area contributed by atoms with Crippen molar-refractivity contribution in [2.45, 2.75) is 20.3 Å². The molecule has 2 N–H and O–H groups in total. The number of hydrogen-bond donors (Lipinski definition) is 1. The fraction of sp³-hybridized carbons (Fsp3) is 0.500. The van der Waals surface area contributed by atoms with Crippen molar-refractivity contribution in [2.75, 3.05) is 36.9 Å². The predicted molar refractivity (Wildman–Crippen MR) is 88.2 cm³/mol. The molecular weight excluding hydrogens is 292 g/mol. The fourth-order valence-electron chi connectivity index (χ4n) is 2.77. The van der Waals surface area contributed by atoms with Gasteiger partial charge in [-0.05, 0) is 20.3 Å². The van der Waals surface area contributed by atoms with Crippen LogP contribution in [0.1, 0.15) is 17.1 Å². The Morgan fingerprint density at radius 2 is 2.09 bits per heavy atom. The van der Waals surface area contributed by atoms with Gasteiger partial charge in [0.25, 0.3) is 0 Å². The van der Waals surface area contributed by atoms with E-state index in [4.69, 9.17) is 10.5 Å². The molecule has 0 unspecified atom stereocenters. The van der Waals surface area contributed by atoms with E-state index in [2.05, 4.69) is 24.8 Å². The molecule has 1 aliphatic heterocycles. The van der Waals surface area contributed by atoms with Gasteiger partial charge in [0.1, 0.15) is 5.82 Å². The molecule has 3 rings (SSSR count). The second-order valence-electron chi connectivity index (χ2n) is 5.97. The van der Waals surface area contributed by atoms with Crippen LogP contribution in [0.15, 0.2) is 18.5 Å². The molecule has 0 radical (unpaired) electrons. The molecule has 0 aliphatic carbocycles. The zero-order valence-electron chi connectivity index (χ0n) is 13.6. The Bertz CT molecular complexity index is 640. The van der Waals surface area contributed by atoms with Crippen LogP contribution in [0.2, 0.25) is 0 Å². The van der Waals surface area contributed by atoms with Gasteiger partial charge >= 0.3 is 0 Å². The summed E-state index contributed by atoms with van der Waals surface area (Å²) in [5.41, 5.74) is 8.57. The predicted octanol–water partition coefficient (Wildman–Crippen LogP) is 1.16. The molecule has 0 aromatic carbocycles. The summed E-state index contributed by atoms with van der Waals surface area (Å²) in [5.74, 6) is 1.51. The van der Waals surface area contributed by atoms with E-state index < -0.39 is 0 Å². The Hall–Kier alpha value is -2.28. The van der Waals surface area contributed by atoms with Gasteiger partial charge in [0, 0.05) is 43.2 Å². The van der Waals surface area contributed by atoms with Gasteiger partial charge in [-0.1, -0.05) is 0 Å². The summed E-state index contributed by atoms with van der Waals surface area (Å²) < 4.78 is 5.75. The van der Waals surface area contributed by atoms with E-state index in [1.807, 2.05) is 26.1 Å². The van der Waals surface area contributed by atoms with Gasteiger partial charge in [-0.3, -0.25) is 9.97 Å². The molecule has 1 atom stereocenters. The summed E-state index contributed by atoms with van der Waals surface area (Å²) in [6.07, 6.45) is 4.49. The summed E-state index contributed by atoms with van der Waals surface area (Å²) in [7, 11) is 0. The highest BCUT2D eigenvalue weighted by Gasteiger charge is 2.21. The standard InChI is InChI=1S/C16H22N6O/c1-11-5-15(21-16(17)20-11)22-3-4-23-10-13(9-22)6-14-8-18-12(2)7-19-14/h5,7-8,13H,3-4,6,9-10H2,1-2H3,(H2,17,20,21)/t13-/m0/s1. The number of aromatic nitrogens is 4. The van der Waals surface area contributed by atoms with Crippen LogP contribution in [0.3, 0.4) is 0 Å². The van der Waals surface area contributed by atoms with E-state index in [0.717, 1.165) is 42.4 Å². The SMILES string of the molecule is Cc1cnc(C[C@@H]2COCCN(c3cc(C)nc(N)n3)C2)cn1. The Morgan fingerprint density at radius 3 is 2.83 bits per heavy atom. The fourth-order valence-corrected chi connectivity index (χ4v) is 2.77. The first-order valence-corrected chi connectivity index (χ1v) is 7.81. The summed E-state index contributed by atoms with van der Waals surface area (Å²) in [6.45, 7) is 6.91. The molecule has 0 bridgehead atoms. The lowest BCUT2D eigenvalue weighted by molar-refractivity contribution is 0.123. The van der Waals surface area contributed by atoms with E-state index in [9.17, 15) is 0 Å². The van der Waals surface area contributed by atoms with Gasteiger partial charge in [0.05, 0.1) is 24.6 Å². The first kappa shape index (κ1) is 15.6. The second kappa shape index (κ2) is 6.87. The number of rotatable bonds is 3. The number of ether oxygens (including phenoxy) is 1. The minimum atomic E-state index is 0.311. The highest BCUT2D eigenvalue weighted by molar-refractivity contribution is 5.43. The van der Waals surface area contributed by atoms with Crippen molar-refractivity contribution in [1.29, 1.82) is 0 Å². The van der Waals surface area contributed by atoms with Gasteiger partial charge in [0.15, 0.2) is 0 Å². The Morgan fingerprint density at radius 1 is 1.22 bits per heavy atom. The molecule has 2 aromatic rings. The molecular formula is C16H22N6O. The zero-order chi connectivity index (χ0) is 16.2. The molecule has 2 aromatic heterocycles. The average Bonchev–Trinajstić information content (AvgIpc) is 2.74. The van der Waals surface area contributed by atoms with Gasteiger partial charge in [-0.15, -0.1) is 0 Å². The van der Waals surface area contributed by atoms with Crippen molar-refractivity contribution in [1.82, 2.24) is 19.9 Å². The maximum atomic E-state index is 5.78. The molecule has 23 heavy (non-hydrogen) atoms. The monoisotopic (exact) mass is 314 g/mol. The van der Waals surface area contributed by atoms with Gasteiger partial charge in [-0.2, -0.15) is 4.98 Å². The first-order valence-electron chi connectivity index (χ1n) is 7.81. The second-order valence-corrected chi connectivity index (χ2v) is 5.97. The van der Waals surface area contributed by atoms with E-state index >= 15 is 0 Å². The van der Waals surface area contributed by atoms with E-state index in [-0.39, 0.29) is 0 Å². The average molecular weight is 314 g/mol. The Kier molecular flexibility index (Phi) is 4.66. The van der Waals surface area contributed by atoms with Crippen LogP contribution in [0.25, 0.3) is 0 Å². The minimum absolute atomic E-state index is 0.311. The summed E-state index contributed by atoms with van der Waals surface area (Å²) in [4.78, 5) is 19.5. The minimum Gasteiger partial charge on any atom is -0.379 e. The largest absolute Gasteiger partial charge is 0.379 e. The van der Waals surface area contributed by atoms with Crippen LogP contribution in [-0.2, 0) is 11.2 Å². The van der Waals surface area contributed by atoms with Gasteiger partial charge in [0.2, 0.25) is 5.95 Å². The third-order valence-electron chi connectivity index (χ3n) is 3.85. The number of nitrogen functional groups attached to an aromatic ring is 1. The van der Waals surface area contributed by atoms with Crippen molar-refractivity contribution in [2.24, 2.45) is 5.92 Å².